The Morgan fingerprint density at radius 2 is 1.72 bits per heavy atom. The zero-order valence-corrected chi connectivity index (χ0v) is 11.8. The van der Waals surface area contributed by atoms with E-state index in [9.17, 15) is 0 Å². The standard InChI is InChI=1S/C14H17N3S/c1-14(2,3)12-15-13(18-16-12)17-8-10-6-4-5-7-11(10)9-17/h4-7H,8-9H2,1-3H3. The van der Waals surface area contributed by atoms with Crippen LogP contribution in [0.25, 0.3) is 0 Å². The smallest absolute Gasteiger partial charge is 0.205 e. The fraction of sp³-hybridized carbons (Fsp3) is 0.429. The second kappa shape index (κ2) is 4.05. The van der Waals surface area contributed by atoms with Gasteiger partial charge >= 0.3 is 0 Å². The van der Waals surface area contributed by atoms with E-state index in [1.165, 1.54) is 22.7 Å². The molecule has 0 amide bonds. The lowest BCUT2D eigenvalue weighted by Gasteiger charge is -2.14. The van der Waals surface area contributed by atoms with Gasteiger partial charge in [0.25, 0.3) is 0 Å². The third-order valence-corrected chi connectivity index (χ3v) is 3.97. The molecule has 1 aliphatic heterocycles. The number of nitrogens with zero attached hydrogens (tertiary/aromatic N) is 3. The molecular weight excluding hydrogens is 242 g/mol. The zero-order valence-electron chi connectivity index (χ0n) is 11.0. The van der Waals surface area contributed by atoms with Crippen LogP contribution in [0.1, 0.15) is 37.7 Å². The van der Waals surface area contributed by atoms with Crippen LogP contribution in [0.4, 0.5) is 5.13 Å². The molecule has 0 aliphatic carbocycles. The monoisotopic (exact) mass is 259 g/mol. The van der Waals surface area contributed by atoms with Crippen molar-refractivity contribution in [2.75, 3.05) is 4.90 Å². The van der Waals surface area contributed by atoms with E-state index < -0.39 is 0 Å². The molecule has 4 heteroatoms. The molecule has 0 radical (unpaired) electrons. The molecule has 0 saturated heterocycles. The summed E-state index contributed by atoms with van der Waals surface area (Å²) in [6.07, 6.45) is 0. The highest BCUT2D eigenvalue weighted by Crippen LogP contribution is 2.31. The molecule has 0 unspecified atom stereocenters. The molecule has 2 aromatic rings. The lowest BCUT2D eigenvalue weighted by atomic mass is 9.96. The van der Waals surface area contributed by atoms with E-state index >= 15 is 0 Å². The van der Waals surface area contributed by atoms with Gasteiger partial charge in [-0.2, -0.15) is 4.37 Å². The summed E-state index contributed by atoms with van der Waals surface area (Å²) in [6, 6.07) is 8.59. The largest absolute Gasteiger partial charge is 0.338 e. The first kappa shape index (κ1) is 11.7. The highest BCUT2D eigenvalue weighted by molar-refractivity contribution is 7.09. The molecule has 1 aromatic heterocycles. The number of hydrogen-bond donors (Lipinski definition) is 0. The second-order valence-electron chi connectivity index (χ2n) is 5.78. The summed E-state index contributed by atoms with van der Waals surface area (Å²) in [5.41, 5.74) is 2.84. The molecule has 2 heterocycles. The Hall–Kier alpha value is -1.42. The Morgan fingerprint density at radius 1 is 1.11 bits per heavy atom. The SMILES string of the molecule is CC(C)(C)c1nsc(N2Cc3ccccc3C2)n1. The Balaban J connectivity index is 1.85. The molecule has 3 rings (SSSR count). The summed E-state index contributed by atoms with van der Waals surface area (Å²) < 4.78 is 4.48. The van der Waals surface area contributed by atoms with Gasteiger partial charge in [-0.05, 0) is 11.1 Å². The number of aromatic nitrogens is 2. The van der Waals surface area contributed by atoms with Crippen LogP contribution in [0.15, 0.2) is 24.3 Å². The maximum atomic E-state index is 4.68. The van der Waals surface area contributed by atoms with Crippen molar-refractivity contribution in [2.24, 2.45) is 0 Å². The van der Waals surface area contributed by atoms with Crippen molar-refractivity contribution in [3.63, 3.8) is 0 Å². The van der Waals surface area contributed by atoms with Crippen LogP contribution in [0.3, 0.4) is 0 Å². The third-order valence-electron chi connectivity index (χ3n) is 3.20. The van der Waals surface area contributed by atoms with E-state index in [2.05, 4.69) is 59.3 Å². The van der Waals surface area contributed by atoms with Gasteiger partial charge in [0, 0.05) is 30.0 Å². The molecule has 1 aromatic carbocycles. The first-order valence-corrected chi connectivity index (χ1v) is 6.97. The van der Waals surface area contributed by atoms with Crippen LogP contribution in [0.2, 0.25) is 0 Å². The third kappa shape index (κ3) is 2.01. The van der Waals surface area contributed by atoms with E-state index in [-0.39, 0.29) is 5.41 Å². The van der Waals surface area contributed by atoms with Crippen molar-refractivity contribution in [3.05, 3.63) is 41.2 Å². The van der Waals surface area contributed by atoms with Crippen LogP contribution in [-0.4, -0.2) is 9.36 Å². The number of rotatable bonds is 1. The average Bonchev–Trinajstić information content (AvgIpc) is 2.94. The van der Waals surface area contributed by atoms with Crippen molar-refractivity contribution in [2.45, 2.75) is 39.3 Å². The maximum Gasteiger partial charge on any atom is 0.205 e. The normalized spacial score (nSPS) is 14.9. The number of benzene rings is 1. The lowest BCUT2D eigenvalue weighted by Crippen LogP contribution is -2.16. The first-order chi connectivity index (χ1) is 8.54. The van der Waals surface area contributed by atoms with E-state index in [1.807, 2.05) is 0 Å². The Bertz CT molecular complexity index is 543. The number of fused-ring (bicyclic) bond motifs is 1. The van der Waals surface area contributed by atoms with Crippen LogP contribution in [0.5, 0.6) is 0 Å². The van der Waals surface area contributed by atoms with Crippen LogP contribution >= 0.6 is 11.5 Å². The summed E-state index contributed by atoms with van der Waals surface area (Å²) in [7, 11) is 0. The molecule has 0 atom stereocenters. The van der Waals surface area contributed by atoms with Crippen molar-refractivity contribution in [1.29, 1.82) is 0 Å². The quantitative estimate of drug-likeness (QED) is 0.786. The van der Waals surface area contributed by atoms with Gasteiger partial charge in [0.2, 0.25) is 5.13 Å². The predicted octanol–water partition coefficient (Wildman–Crippen LogP) is 3.36. The topological polar surface area (TPSA) is 29.0 Å². The summed E-state index contributed by atoms with van der Waals surface area (Å²) in [5.74, 6) is 0.943. The van der Waals surface area contributed by atoms with Gasteiger partial charge in [0.05, 0.1) is 0 Å². The highest BCUT2D eigenvalue weighted by atomic mass is 32.1. The minimum Gasteiger partial charge on any atom is -0.338 e. The van der Waals surface area contributed by atoms with Crippen molar-refractivity contribution < 1.29 is 0 Å². The maximum absolute atomic E-state index is 4.68. The number of anilines is 1. The summed E-state index contributed by atoms with van der Waals surface area (Å²) in [4.78, 5) is 6.98. The van der Waals surface area contributed by atoms with Crippen molar-refractivity contribution >= 4 is 16.7 Å². The summed E-state index contributed by atoms with van der Waals surface area (Å²) in [6.45, 7) is 8.36. The highest BCUT2D eigenvalue weighted by Gasteiger charge is 2.25. The predicted molar refractivity (Wildman–Crippen MR) is 74.9 cm³/mol. The summed E-state index contributed by atoms with van der Waals surface area (Å²) >= 11 is 1.51. The van der Waals surface area contributed by atoms with Gasteiger partial charge in [-0.25, -0.2) is 4.98 Å². The molecule has 3 nitrogen and oxygen atoms in total. The Morgan fingerprint density at radius 3 is 2.22 bits per heavy atom. The second-order valence-corrected chi connectivity index (χ2v) is 6.51. The molecule has 0 N–H and O–H groups in total. The van der Waals surface area contributed by atoms with Crippen LogP contribution in [-0.2, 0) is 18.5 Å². The molecule has 0 fully saturated rings. The lowest BCUT2D eigenvalue weighted by molar-refractivity contribution is 0.554. The van der Waals surface area contributed by atoms with E-state index in [0.717, 1.165) is 24.0 Å². The molecule has 94 valence electrons. The van der Waals surface area contributed by atoms with Gasteiger partial charge in [-0.15, -0.1) is 0 Å². The Kier molecular flexibility index (Phi) is 2.63. The fourth-order valence-corrected chi connectivity index (χ4v) is 2.97. The van der Waals surface area contributed by atoms with E-state index in [4.69, 9.17) is 0 Å². The molecular formula is C14H17N3S. The van der Waals surface area contributed by atoms with E-state index in [1.54, 1.807) is 0 Å². The molecule has 1 aliphatic rings. The zero-order chi connectivity index (χ0) is 12.8. The minimum absolute atomic E-state index is 0.0291. The van der Waals surface area contributed by atoms with Crippen molar-refractivity contribution in [1.82, 2.24) is 9.36 Å². The van der Waals surface area contributed by atoms with Crippen LogP contribution < -0.4 is 4.90 Å². The van der Waals surface area contributed by atoms with E-state index in [0.29, 0.717) is 0 Å². The first-order valence-electron chi connectivity index (χ1n) is 6.20. The van der Waals surface area contributed by atoms with Gasteiger partial charge < -0.3 is 4.90 Å². The minimum atomic E-state index is 0.0291. The van der Waals surface area contributed by atoms with Gasteiger partial charge in [0.15, 0.2) is 0 Å². The van der Waals surface area contributed by atoms with Crippen molar-refractivity contribution in [3.8, 4) is 0 Å². The summed E-state index contributed by atoms with van der Waals surface area (Å²) in [5, 5.41) is 1.04. The van der Waals surface area contributed by atoms with Gasteiger partial charge in [-0.3, -0.25) is 0 Å². The average molecular weight is 259 g/mol. The Labute approximate surface area is 112 Å². The fourth-order valence-electron chi connectivity index (χ4n) is 2.12. The van der Waals surface area contributed by atoms with Crippen LogP contribution in [0, 0.1) is 0 Å². The molecule has 0 bridgehead atoms. The van der Waals surface area contributed by atoms with Gasteiger partial charge in [0.1, 0.15) is 5.82 Å². The van der Waals surface area contributed by atoms with Gasteiger partial charge in [-0.1, -0.05) is 45.0 Å². The number of hydrogen-bond acceptors (Lipinski definition) is 4. The molecule has 0 saturated carbocycles. The molecule has 18 heavy (non-hydrogen) atoms. The molecule has 0 spiro atoms.